The van der Waals surface area contributed by atoms with Crippen molar-refractivity contribution in [2.24, 2.45) is 0 Å². The number of pyridine rings is 1. The maximum Gasteiger partial charge on any atom is 0.128 e. The molecule has 1 atom stereocenters. The number of hydrogen-bond donors (Lipinski definition) is 1. The quantitative estimate of drug-likeness (QED) is 0.661. The van der Waals surface area contributed by atoms with Gasteiger partial charge in [-0.25, -0.2) is 4.98 Å². The summed E-state index contributed by atoms with van der Waals surface area (Å²) in [6.45, 7) is 2.12. The van der Waals surface area contributed by atoms with Crippen molar-refractivity contribution in [1.29, 1.82) is 0 Å². The molecule has 1 aliphatic rings. The van der Waals surface area contributed by atoms with Gasteiger partial charge in [0.1, 0.15) is 5.82 Å². The molecule has 2 heterocycles. The molecule has 3 heteroatoms. The highest BCUT2D eigenvalue weighted by atomic mass is 32.1. The van der Waals surface area contributed by atoms with Crippen molar-refractivity contribution in [2.75, 3.05) is 18.0 Å². The molecule has 2 rings (SSSR count). The van der Waals surface area contributed by atoms with Crippen LogP contribution in [0.15, 0.2) is 24.4 Å². The minimum Gasteiger partial charge on any atom is -0.355 e. The molecule has 0 saturated carbocycles. The van der Waals surface area contributed by atoms with E-state index in [4.69, 9.17) is 0 Å². The first-order chi connectivity index (χ1) is 5.86. The molecule has 0 spiro atoms. The number of nitrogens with zero attached hydrogens (tertiary/aromatic N) is 2. The van der Waals surface area contributed by atoms with E-state index in [-0.39, 0.29) is 0 Å². The predicted molar refractivity (Wildman–Crippen MR) is 53.8 cm³/mol. The van der Waals surface area contributed by atoms with E-state index in [0.717, 1.165) is 18.9 Å². The second kappa shape index (κ2) is 3.35. The van der Waals surface area contributed by atoms with Crippen molar-refractivity contribution >= 4 is 18.4 Å². The molecule has 0 amide bonds. The second-order valence-corrected chi connectivity index (χ2v) is 3.81. The van der Waals surface area contributed by atoms with E-state index in [9.17, 15) is 0 Å². The van der Waals surface area contributed by atoms with Gasteiger partial charge < -0.3 is 4.90 Å². The number of anilines is 1. The van der Waals surface area contributed by atoms with Crippen LogP contribution in [-0.4, -0.2) is 23.3 Å². The Balaban J connectivity index is 2.11. The zero-order valence-electron chi connectivity index (χ0n) is 6.85. The van der Waals surface area contributed by atoms with E-state index in [1.54, 1.807) is 0 Å². The number of rotatable bonds is 1. The monoisotopic (exact) mass is 180 g/mol. The summed E-state index contributed by atoms with van der Waals surface area (Å²) in [6, 6.07) is 6.01. The van der Waals surface area contributed by atoms with E-state index in [0.29, 0.717) is 5.25 Å². The lowest BCUT2D eigenvalue weighted by Crippen LogP contribution is -2.20. The lowest BCUT2D eigenvalue weighted by atomic mass is 10.4. The van der Waals surface area contributed by atoms with Crippen LogP contribution in [0, 0.1) is 0 Å². The number of aromatic nitrogens is 1. The molecule has 1 aliphatic heterocycles. The maximum absolute atomic E-state index is 4.43. The third-order valence-corrected chi connectivity index (χ3v) is 2.56. The highest BCUT2D eigenvalue weighted by Crippen LogP contribution is 2.19. The predicted octanol–water partition coefficient (Wildman–Crippen LogP) is 1.59. The van der Waals surface area contributed by atoms with Crippen LogP contribution in [0.1, 0.15) is 6.42 Å². The van der Waals surface area contributed by atoms with Crippen LogP contribution in [0.2, 0.25) is 0 Å². The summed E-state index contributed by atoms with van der Waals surface area (Å²) in [4.78, 5) is 6.56. The molecule has 0 bridgehead atoms. The van der Waals surface area contributed by atoms with Crippen molar-refractivity contribution in [1.82, 2.24) is 4.98 Å². The fourth-order valence-electron chi connectivity index (χ4n) is 1.49. The molecule has 1 aromatic heterocycles. The standard InChI is InChI=1S/C9H12N2S/c12-8-4-6-11(7-8)9-3-1-2-5-10-9/h1-3,5,8,12H,4,6-7H2/t8-/m0/s1. The molecule has 12 heavy (non-hydrogen) atoms. The van der Waals surface area contributed by atoms with Crippen LogP contribution in [0.3, 0.4) is 0 Å². The van der Waals surface area contributed by atoms with Crippen molar-refractivity contribution in [2.45, 2.75) is 11.7 Å². The van der Waals surface area contributed by atoms with E-state index >= 15 is 0 Å². The third-order valence-electron chi connectivity index (χ3n) is 2.14. The Hall–Kier alpha value is -0.700. The molecule has 0 N–H and O–H groups in total. The Morgan fingerprint density at radius 3 is 3.00 bits per heavy atom. The molecular formula is C9H12N2S. The molecule has 0 aromatic carbocycles. The highest BCUT2D eigenvalue weighted by Gasteiger charge is 2.19. The minimum atomic E-state index is 0.520. The summed E-state index contributed by atoms with van der Waals surface area (Å²) < 4.78 is 0. The lowest BCUT2D eigenvalue weighted by Gasteiger charge is -2.15. The molecule has 2 nitrogen and oxygen atoms in total. The number of hydrogen-bond acceptors (Lipinski definition) is 3. The first-order valence-electron chi connectivity index (χ1n) is 4.20. The van der Waals surface area contributed by atoms with E-state index < -0.39 is 0 Å². The van der Waals surface area contributed by atoms with Crippen LogP contribution < -0.4 is 4.90 Å². The fourth-order valence-corrected chi connectivity index (χ4v) is 1.80. The van der Waals surface area contributed by atoms with Gasteiger partial charge in [0.25, 0.3) is 0 Å². The van der Waals surface area contributed by atoms with Crippen molar-refractivity contribution < 1.29 is 0 Å². The molecule has 1 fully saturated rings. The Kier molecular flexibility index (Phi) is 2.21. The molecule has 0 unspecified atom stereocenters. The van der Waals surface area contributed by atoms with Gasteiger partial charge in [-0.15, -0.1) is 0 Å². The largest absolute Gasteiger partial charge is 0.355 e. The van der Waals surface area contributed by atoms with Crippen LogP contribution in [-0.2, 0) is 0 Å². The number of thiol groups is 1. The first kappa shape index (κ1) is 7.92. The summed E-state index contributed by atoms with van der Waals surface area (Å²) >= 11 is 4.43. The van der Waals surface area contributed by atoms with E-state index in [2.05, 4.69) is 22.5 Å². The summed E-state index contributed by atoms with van der Waals surface area (Å²) in [6.07, 6.45) is 3.00. The Labute approximate surface area is 78.0 Å². The average molecular weight is 180 g/mol. The summed E-state index contributed by atoms with van der Waals surface area (Å²) in [5.41, 5.74) is 0. The third kappa shape index (κ3) is 1.55. The fraction of sp³-hybridized carbons (Fsp3) is 0.444. The van der Waals surface area contributed by atoms with Crippen LogP contribution in [0.5, 0.6) is 0 Å². The van der Waals surface area contributed by atoms with Crippen molar-refractivity contribution in [3.05, 3.63) is 24.4 Å². The smallest absolute Gasteiger partial charge is 0.128 e. The van der Waals surface area contributed by atoms with Gasteiger partial charge in [0, 0.05) is 24.5 Å². The minimum absolute atomic E-state index is 0.520. The topological polar surface area (TPSA) is 16.1 Å². The summed E-state index contributed by atoms with van der Waals surface area (Å²) in [7, 11) is 0. The van der Waals surface area contributed by atoms with Crippen molar-refractivity contribution in [3.63, 3.8) is 0 Å². The molecule has 1 saturated heterocycles. The highest BCUT2D eigenvalue weighted by molar-refractivity contribution is 7.81. The molecule has 64 valence electrons. The SMILES string of the molecule is S[C@H]1CCN(c2ccccn2)C1. The summed E-state index contributed by atoms with van der Waals surface area (Å²) in [5.74, 6) is 1.08. The van der Waals surface area contributed by atoms with Gasteiger partial charge in [-0.1, -0.05) is 6.07 Å². The first-order valence-corrected chi connectivity index (χ1v) is 4.72. The van der Waals surface area contributed by atoms with Crippen LogP contribution >= 0.6 is 12.6 Å². The van der Waals surface area contributed by atoms with Gasteiger partial charge >= 0.3 is 0 Å². The van der Waals surface area contributed by atoms with Crippen LogP contribution in [0.4, 0.5) is 5.82 Å². The Morgan fingerprint density at radius 2 is 2.42 bits per heavy atom. The summed E-state index contributed by atoms with van der Waals surface area (Å²) in [5, 5.41) is 0.520. The zero-order valence-corrected chi connectivity index (χ0v) is 7.74. The normalized spacial score (nSPS) is 23.1. The molecule has 1 aromatic rings. The van der Waals surface area contributed by atoms with Gasteiger partial charge in [0.15, 0.2) is 0 Å². The maximum atomic E-state index is 4.43. The lowest BCUT2D eigenvalue weighted by molar-refractivity contribution is 0.938. The van der Waals surface area contributed by atoms with Gasteiger partial charge in [-0.05, 0) is 18.6 Å². The van der Waals surface area contributed by atoms with Crippen LogP contribution in [0.25, 0.3) is 0 Å². The Bertz CT molecular complexity index is 250. The molecule has 0 radical (unpaired) electrons. The van der Waals surface area contributed by atoms with Crippen molar-refractivity contribution in [3.8, 4) is 0 Å². The van der Waals surface area contributed by atoms with E-state index in [1.165, 1.54) is 6.42 Å². The molecular weight excluding hydrogens is 168 g/mol. The second-order valence-electron chi connectivity index (χ2n) is 3.08. The van der Waals surface area contributed by atoms with Gasteiger partial charge in [0.05, 0.1) is 0 Å². The average Bonchev–Trinajstić information content (AvgIpc) is 2.54. The van der Waals surface area contributed by atoms with Gasteiger partial charge in [-0.2, -0.15) is 12.6 Å². The van der Waals surface area contributed by atoms with Gasteiger partial charge in [-0.3, -0.25) is 0 Å². The zero-order chi connectivity index (χ0) is 8.39. The Morgan fingerprint density at radius 1 is 1.50 bits per heavy atom. The molecule has 0 aliphatic carbocycles. The van der Waals surface area contributed by atoms with Gasteiger partial charge in [0.2, 0.25) is 0 Å². The van der Waals surface area contributed by atoms with E-state index in [1.807, 2.05) is 24.4 Å².